The molecule has 2 atom stereocenters. The van der Waals surface area contributed by atoms with Crippen LogP contribution in [0.5, 0.6) is 0 Å². The van der Waals surface area contributed by atoms with Crippen molar-refractivity contribution in [3.8, 4) is 0 Å². The Morgan fingerprint density at radius 3 is 2.23 bits per heavy atom. The fourth-order valence-corrected chi connectivity index (χ4v) is 3.82. The summed E-state index contributed by atoms with van der Waals surface area (Å²) in [5.74, 6) is -0.193. The molecule has 0 spiro atoms. The van der Waals surface area contributed by atoms with Gasteiger partial charge in [-0.05, 0) is 36.8 Å². The summed E-state index contributed by atoms with van der Waals surface area (Å²) in [5.41, 5.74) is 5.71. The number of allylic oxidation sites excluding steroid dienone is 2. The highest BCUT2D eigenvalue weighted by molar-refractivity contribution is 5.90. The number of amides is 2. The molecular weight excluding hydrogens is 374 g/mol. The van der Waals surface area contributed by atoms with Crippen LogP contribution in [0.25, 0.3) is 0 Å². The normalized spacial score (nSPS) is 18.8. The molecule has 2 amide bonds. The lowest BCUT2D eigenvalue weighted by Crippen LogP contribution is -2.38. The first-order valence-electron chi connectivity index (χ1n) is 10.4. The Labute approximate surface area is 178 Å². The third kappa shape index (κ3) is 5.89. The molecule has 2 aromatic rings. The zero-order chi connectivity index (χ0) is 21.3. The van der Waals surface area contributed by atoms with Gasteiger partial charge in [-0.1, -0.05) is 79.2 Å². The van der Waals surface area contributed by atoms with Gasteiger partial charge in [0.2, 0.25) is 5.91 Å². The summed E-state index contributed by atoms with van der Waals surface area (Å²) < 4.78 is 0. The van der Waals surface area contributed by atoms with Crippen molar-refractivity contribution < 1.29 is 9.59 Å². The van der Waals surface area contributed by atoms with Gasteiger partial charge < -0.3 is 5.32 Å². The third-order valence-corrected chi connectivity index (χ3v) is 5.52. The second-order valence-corrected chi connectivity index (χ2v) is 7.92. The van der Waals surface area contributed by atoms with Gasteiger partial charge in [0.05, 0.1) is 12.5 Å². The molecule has 30 heavy (non-hydrogen) atoms. The summed E-state index contributed by atoms with van der Waals surface area (Å²) in [6, 6.07) is 19.1. The summed E-state index contributed by atoms with van der Waals surface area (Å²) in [7, 11) is 0. The van der Waals surface area contributed by atoms with Crippen LogP contribution in [0.1, 0.15) is 43.7 Å². The van der Waals surface area contributed by atoms with E-state index in [0.717, 1.165) is 24.0 Å². The van der Waals surface area contributed by atoms with Gasteiger partial charge in [0.1, 0.15) is 0 Å². The molecule has 0 fully saturated rings. The lowest BCUT2D eigenvalue weighted by atomic mass is 9.82. The predicted octanol–water partition coefficient (Wildman–Crippen LogP) is 4.03. The van der Waals surface area contributed by atoms with Gasteiger partial charge in [-0.15, -0.1) is 0 Å². The molecule has 0 heterocycles. The maximum absolute atomic E-state index is 12.9. The Morgan fingerprint density at radius 2 is 1.67 bits per heavy atom. The van der Waals surface area contributed by atoms with Crippen LogP contribution in [-0.2, 0) is 9.59 Å². The van der Waals surface area contributed by atoms with Gasteiger partial charge in [0.25, 0.3) is 5.91 Å². The van der Waals surface area contributed by atoms with Crippen molar-refractivity contribution >= 4 is 18.0 Å². The molecule has 5 nitrogen and oxygen atoms in total. The minimum Gasteiger partial charge on any atom is -0.346 e. The SMILES string of the molecule is CC1=CCC(C=NNC(=O)CNC(=O)C(c2ccccc2)c2ccccc2)C(C)C1. The molecule has 156 valence electrons. The average Bonchev–Trinajstić information content (AvgIpc) is 2.75. The van der Waals surface area contributed by atoms with E-state index < -0.39 is 5.92 Å². The number of rotatable bonds is 7. The molecule has 2 N–H and O–H groups in total. The lowest BCUT2D eigenvalue weighted by molar-refractivity contribution is -0.126. The summed E-state index contributed by atoms with van der Waals surface area (Å²) in [4.78, 5) is 25.1. The van der Waals surface area contributed by atoms with E-state index in [1.165, 1.54) is 5.57 Å². The molecule has 0 aromatic heterocycles. The fourth-order valence-electron chi connectivity index (χ4n) is 3.82. The van der Waals surface area contributed by atoms with Gasteiger partial charge in [-0.3, -0.25) is 9.59 Å². The van der Waals surface area contributed by atoms with E-state index in [4.69, 9.17) is 0 Å². The average molecular weight is 404 g/mol. The number of hydrogen-bond donors (Lipinski definition) is 2. The number of hydrogen-bond acceptors (Lipinski definition) is 3. The van der Waals surface area contributed by atoms with Crippen LogP contribution in [0, 0.1) is 11.8 Å². The zero-order valence-electron chi connectivity index (χ0n) is 17.5. The van der Waals surface area contributed by atoms with Crippen LogP contribution in [-0.4, -0.2) is 24.6 Å². The molecule has 0 radical (unpaired) electrons. The molecule has 0 aliphatic heterocycles. The zero-order valence-corrected chi connectivity index (χ0v) is 17.5. The van der Waals surface area contributed by atoms with E-state index in [1.54, 1.807) is 0 Å². The van der Waals surface area contributed by atoms with Crippen LogP contribution >= 0.6 is 0 Å². The van der Waals surface area contributed by atoms with Crippen LogP contribution in [0.4, 0.5) is 0 Å². The van der Waals surface area contributed by atoms with Crippen molar-refractivity contribution in [3.63, 3.8) is 0 Å². The number of nitrogens with zero attached hydrogens (tertiary/aromatic N) is 1. The Bertz CT molecular complexity index is 867. The number of nitrogens with one attached hydrogen (secondary N) is 2. The summed E-state index contributed by atoms with van der Waals surface area (Å²) in [6.45, 7) is 4.22. The van der Waals surface area contributed by atoms with Crippen LogP contribution in [0.15, 0.2) is 77.4 Å². The quantitative estimate of drug-likeness (QED) is 0.416. The smallest absolute Gasteiger partial charge is 0.259 e. The van der Waals surface area contributed by atoms with E-state index in [9.17, 15) is 9.59 Å². The number of hydrazone groups is 1. The van der Waals surface area contributed by atoms with Gasteiger partial charge in [-0.2, -0.15) is 5.10 Å². The van der Waals surface area contributed by atoms with E-state index in [2.05, 4.69) is 35.8 Å². The van der Waals surface area contributed by atoms with Gasteiger partial charge >= 0.3 is 0 Å². The Balaban J connectivity index is 1.56. The van der Waals surface area contributed by atoms with E-state index in [1.807, 2.05) is 66.9 Å². The number of carbonyl (C=O) groups excluding carboxylic acids is 2. The maximum atomic E-state index is 12.9. The summed E-state index contributed by atoms with van der Waals surface area (Å²) in [5, 5.41) is 6.85. The first-order valence-corrected chi connectivity index (χ1v) is 10.4. The topological polar surface area (TPSA) is 70.6 Å². The van der Waals surface area contributed by atoms with Gasteiger partial charge in [-0.25, -0.2) is 5.43 Å². The van der Waals surface area contributed by atoms with Crippen molar-refractivity contribution in [1.29, 1.82) is 0 Å². The standard InChI is InChI=1S/C25H29N3O2/c1-18-13-14-22(19(2)15-18)16-27-28-23(29)17-26-25(30)24(20-9-5-3-6-10-20)21-11-7-4-8-12-21/h3-13,16,19,22,24H,14-15,17H2,1-2H3,(H,26,30)(H,28,29). The highest BCUT2D eigenvalue weighted by Gasteiger charge is 2.23. The highest BCUT2D eigenvalue weighted by atomic mass is 16.2. The second-order valence-electron chi connectivity index (χ2n) is 7.92. The Kier molecular flexibility index (Phi) is 7.55. The first-order chi connectivity index (χ1) is 14.5. The largest absolute Gasteiger partial charge is 0.346 e. The molecule has 5 heteroatoms. The van der Waals surface area contributed by atoms with Crippen molar-refractivity contribution in [2.75, 3.05) is 6.54 Å². The molecular formula is C25H29N3O2. The number of benzene rings is 2. The van der Waals surface area contributed by atoms with Crippen LogP contribution in [0.2, 0.25) is 0 Å². The second kappa shape index (κ2) is 10.5. The Hall–Kier alpha value is -3.21. The maximum Gasteiger partial charge on any atom is 0.259 e. The van der Waals surface area contributed by atoms with E-state index in [-0.39, 0.29) is 18.4 Å². The lowest BCUT2D eigenvalue weighted by Gasteiger charge is -2.24. The summed E-state index contributed by atoms with van der Waals surface area (Å²) in [6.07, 6.45) is 6.04. The monoisotopic (exact) mass is 403 g/mol. The minimum atomic E-state index is -0.471. The van der Waals surface area contributed by atoms with Gasteiger partial charge in [0.15, 0.2) is 0 Å². The molecule has 0 saturated carbocycles. The van der Waals surface area contributed by atoms with Crippen LogP contribution < -0.4 is 10.7 Å². The summed E-state index contributed by atoms with van der Waals surface area (Å²) >= 11 is 0. The van der Waals surface area contributed by atoms with Crippen molar-refractivity contribution in [2.45, 2.75) is 32.6 Å². The molecule has 3 rings (SSSR count). The molecule has 1 aliphatic rings. The molecule has 1 aliphatic carbocycles. The fraction of sp³-hybridized carbons (Fsp3) is 0.320. The Morgan fingerprint density at radius 1 is 1.07 bits per heavy atom. The molecule has 2 aromatic carbocycles. The van der Waals surface area contributed by atoms with Crippen LogP contribution in [0.3, 0.4) is 0 Å². The predicted molar refractivity (Wildman–Crippen MR) is 120 cm³/mol. The highest BCUT2D eigenvalue weighted by Crippen LogP contribution is 2.27. The molecule has 0 bridgehead atoms. The van der Waals surface area contributed by atoms with Crippen molar-refractivity contribution in [3.05, 3.63) is 83.4 Å². The van der Waals surface area contributed by atoms with Gasteiger partial charge in [0, 0.05) is 12.1 Å². The molecule has 0 saturated heterocycles. The minimum absolute atomic E-state index is 0.119. The third-order valence-electron chi connectivity index (χ3n) is 5.52. The van der Waals surface area contributed by atoms with Crippen molar-refractivity contribution in [2.24, 2.45) is 16.9 Å². The molecule has 2 unspecified atom stereocenters. The van der Waals surface area contributed by atoms with Crippen molar-refractivity contribution in [1.82, 2.24) is 10.7 Å². The van der Waals surface area contributed by atoms with E-state index in [0.29, 0.717) is 11.8 Å². The number of carbonyl (C=O) groups is 2. The van der Waals surface area contributed by atoms with E-state index >= 15 is 0 Å². The first kappa shape index (κ1) is 21.5.